The van der Waals surface area contributed by atoms with Gasteiger partial charge < -0.3 is 5.11 Å². The zero-order chi connectivity index (χ0) is 12.1. The topological polar surface area (TPSA) is 20.2 Å². The van der Waals surface area contributed by atoms with E-state index < -0.39 is 0 Å². The molecule has 0 aromatic heterocycles. The molecule has 2 aromatic rings. The number of hydrogen-bond acceptors (Lipinski definition) is 1. The number of benzene rings is 2. The van der Waals surface area contributed by atoms with Crippen molar-refractivity contribution in [3.8, 4) is 11.8 Å². The molecule has 2 rings (SSSR count). The SMILES string of the molecule is OCCCC#Cc1ccc(Cl)c2ccccc12. The fraction of sp³-hybridized carbons (Fsp3) is 0.200. The van der Waals surface area contributed by atoms with Crippen LogP contribution in [0.4, 0.5) is 0 Å². The molecule has 0 radical (unpaired) electrons. The summed E-state index contributed by atoms with van der Waals surface area (Å²) >= 11 is 6.13. The molecule has 0 bridgehead atoms. The Kier molecular flexibility index (Phi) is 4.03. The lowest BCUT2D eigenvalue weighted by Gasteiger charge is -2.02. The molecular weight excluding hydrogens is 232 g/mol. The van der Waals surface area contributed by atoms with E-state index in [2.05, 4.69) is 11.8 Å². The smallest absolute Gasteiger partial charge is 0.0485 e. The van der Waals surface area contributed by atoms with E-state index in [1.54, 1.807) is 0 Å². The highest BCUT2D eigenvalue weighted by Gasteiger charge is 2.01. The van der Waals surface area contributed by atoms with Crippen molar-refractivity contribution < 1.29 is 5.11 Å². The van der Waals surface area contributed by atoms with E-state index in [-0.39, 0.29) is 6.61 Å². The fourth-order valence-electron chi connectivity index (χ4n) is 1.70. The summed E-state index contributed by atoms with van der Waals surface area (Å²) in [6.07, 6.45) is 1.44. The summed E-state index contributed by atoms with van der Waals surface area (Å²) in [6, 6.07) is 11.8. The molecular formula is C15H13ClO. The second kappa shape index (κ2) is 5.72. The third kappa shape index (κ3) is 2.79. The predicted octanol–water partition coefficient (Wildman–Crippen LogP) is 3.62. The van der Waals surface area contributed by atoms with E-state index >= 15 is 0 Å². The van der Waals surface area contributed by atoms with Crippen LogP contribution in [0.15, 0.2) is 36.4 Å². The van der Waals surface area contributed by atoms with Crippen LogP contribution in [0.25, 0.3) is 10.8 Å². The maximum atomic E-state index is 8.69. The largest absolute Gasteiger partial charge is 0.396 e. The van der Waals surface area contributed by atoms with E-state index in [1.165, 1.54) is 0 Å². The molecule has 0 aliphatic heterocycles. The minimum atomic E-state index is 0.191. The van der Waals surface area contributed by atoms with E-state index in [9.17, 15) is 0 Å². The lowest BCUT2D eigenvalue weighted by Crippen LogP contribution is -1.82. The van der Waals surface area contributed by atoms with Gasteiger partial charge in [0, 0.05) is 29.0 Å². The number of aliphatic hydroxyl groups excluding tert-OH is 1. The number of rotatable bonds is 2. The summed E-state index contributed by atoms with van der Waals surface area (Å²) in [5, 5.41) is 11.5. The molecule has 86 valence electrons. The van der Waals surface area contributed by atoms with Gasteiger partial charge in [-0.25, -0.2) is 0 Å². The van der Waals surface area contributed by atoms with Crippen molar-refractivity contribution in [1.82, 2.24) is 0 Å². The quantitative estimate of drug-likeness (QED) is 0.632. The minimum Gasteiger partial charge on any atom is -0.396 e. The molecule has 0 aliphatic rings. The van der Waals surface area contributed by atoms with Crippen molar-refractivity contribution in [2.45, 2.75) is 12.8 Å². The van der Waals surface area contributed by atoms with Gasteiger partial charge in [0.2, 0.25) is 0 Å². The molecule has 0 saturated carbocycles. The van der Waals surface area contributed by atoms with Crippen LogP contribution in [0.3, 0.4) is 0 Å². The highest BCUT2D eigenvalue weighted by Crippen LogP contribution is 2.25. The Labute approximate surface area is 106 Å². The van der Waals surface area contributed by atoms with Crippen LogP contribution >= 0.6 is 11.6 Å². The Hall–Kier alpha value is -1.49. The van der Waals surface area contributed by atoms with Crippen LogP contribution in [-0.4, -0.2) is 11.7 Å². The second-order valence-corrected chi connectivity index (χ2v) is 4.18. The average molecular weight is 245 g/mol. The van der Waals surface area contributed by atoms with Gasteiger partial charge in [-0.15, -0.1) is 0 Å². The van der Waals surface area contributed by atoms with E-state index in [0.717, 1.165) is 27.8 Å². The second-order valence-electron chi connectivity index (χ2n) is 3.77. The third-order valence-corrected chi connectivity index (χ3v) is 2.88. The van der Waals surface area contributed by atoms with Crippen molar-refractivity contribution in [3.63, 3.8) is 0 Å². The molecule has 2 aromatic carbocycles. The van der Waals surface area contributed by atoms with E-state index in [1.807, 2.05) is 36.4 Å². The van der Waals surface area contributed by atoms with Crippen molar-refractivity contribution in [2.24, 2.45) is 0 Å². The van der Waals surface area contributed by atoms with Gasteiger partial charge in [0.05, 0.1) is 0 Å². The molecule has 1 N–H and O–H groups in total. The lowest BCUT2D eigenvalue weighted by molar-refractivity contribution is 0.290. The summed E-state index contributed by atoms with van der Waals surface area (Å²) in [4.78, 5) is 0. The first-order chi connectivity index (χ1) is 8.33. The number of hydrogen-bond donors (Lipinski definition) is 1. The van der Waals surface area contributed by atoms with Crippen LogP contribution in [0.1, 0.15) is 18.4 Å². The maximum absolute atomic E-state index is 8.69. The highest BCUT2D eigenvalue weighted by atomic mass is 35.5. The van der Waals surface area contributed by atoms with Crippen molar-refractivity contribution >= 4 is 22.4 Å². The molecule has 0 amide bonds. The molecule has 2 heteroatoms. The van der Waals surface area contributed by atoms with Gasteiger partial charge in [-0.1, -0.05) is 47.7 Å². The van der Waals surface area contributed by atoms with Gasteiger partial charge in [-0.2, -0.15) is 0 Å². The van der Waals surface area contributed by atoms with Crippen LogP contribution in [0.2, 0.25) is 5.02 Å². The summed E-state index contributed by atoms with van der Waals surface area (Å²) < 4.78 is 0. The van der Waals surface area contributed by atoms with Crippen LogP contribution in [0, 0.1) is 11.8 Å². The normalized spacial score (nSPS) is 10.0. The van der Waals surface area contributed by atoms with Gasteiger partial charge in [-0.05, 0) is 23.9 Å². The molecule has 0 atom stereocenters. The Bertz CT molecular complexity index is 578. The van der Waals surface area contributed by atoms with Crippen molar-refractivity contribution in [2.75, 3.05) is 6.61 Å². The summed E-state index contributed by atoms with van der Waals surface area (Å²) in [7, 11) is 0. The lowest BCUT2D eigenvalue weighted by atomic mass is 10.0. The zero-order valence-electron chi connectivity index (χ0n) is 9.41. The number of fused-ring (bicyclic) bond motifs is 1. The number of unbranched alkanes of at least 4 members (excludes halogenated alkanes) is 1. The van der Waals surface area contributed by atoms with E-state index in [0.29, 0.717) is 6.42 Å². The molecule has 0 heterocycles. The number of aliphatic hydroxyl groups is 1. The van der Waals surface area contributed by atoms with Gasteiger partial charge in [0.15, 0.2) is 0 Å². The third-order valence-electron chi connectivity index (χ3n) is 2.55. The van der Waals surface area contributed by atoms with Crippen molar-refractivity contribution in [3.05, 3.63) is 47.0 Å². The predicted molar refractivity (Wildman–Crippen MR) is 72.2 cm³/mol. The average Bonchev–Trinajstić information content (AvgIpc) is 2.37. The molecule has 0 aliphatic carbocycles. The van der Waals surface area contributed by atoms with Gasteiger partial charge >= 0.3 is 0 Å². The fourth-order valence-corrected chi connectivity index (χ4v) is 1.92. The Morgan fingerprint density at radius 3 is 2.59 bits per heavy atom. The first kappa shape index (κ1) is 12.0. The van der Waals surface area contributed by atoms with Crippen LogP contribution in [-0.2, 0) is 0 Å². The summed E-state index contributed by atoms with van der Waals surface area (Å²) in [5.41, 5.74) is 0.989. The molecule has 0 unspecified atom stereocenters. The van der Waals surface area contributed by atoms with E-state index in [4.69, 9.17) is 16.7 Å². The molecule has 0 spiro atoms. The van der Waals surface area contributed by atoms with Gasteiger partial charge in [-0.3, -0.25) is 0 Å². The molecule has 0 fully saturated rings. The van der Waals surface area contributed by atoms with Crippen LogP contribution < -0.4 is 0 Å². The standard InChI is InChI=1S/C15H13ClO/c16-15-10-9-12(6-2-1-5-11-17)13-7-3-4-8-14(13)15/h3-4,7-10,17H,1,5,11H2. The van der Waals surface area contributed by atoms with Gasteiger partial charge in [0.25, 0.3) is 0 Å². The number of halogens is 1. The first-order valence-electron chi connectivity index (χ1n) is 5.60. The molecule has 0 saturated heterocycles. The molecule has 1 nitrogen and oxygen atoms in total. The first-order valence-corrected chi connectivity index (χ1v) is 5.97. The highest BCUT2D eigenvalue weighted by molar-refractivity contribution is 6.35. The van der Waals surface area contributed by atoms with Gasteiger partial charge in [0.1, 0.15) is 0 Å². The summed E-state index contributed by atoms with van der Waals surface area (Å²) in [5.74, 6) is 6.19. The maximum Gasteiger partial charge on any atom is 0.0485 e. The summed E-state index contributed by atoms with van der Waals surface area (Å²) in [6.45, 7) is 0.191. The Morgan fingerprint density at radius 1 is 1.06 bits per heavy atom. The van der Waals surface area contributed by atoms with Crippen molar-refractivity contribution in [1.29, 1.82) is 0 Å². The van der Waals surface area contributed by atoms with Crippen LogP contribution in [0.5, 0.6) is 0 Å². The Morgan fingerprint density at radius 2 is 1.82 bits per heavy atom. The molecule has 17 heavy (non-hydrogen) atoms. The monoisotopic (exact) mass is 244 g/mol. The zero-order valence-corrected chi connectivity index (χ0v) is 10.2. The minimum absolute atomic E-state index is 0.191. The Balaban J connectivity index is 2.40.